The van der Waals surface area contributed by atoms with Crippen LogP contribution in [-0.4, -0.2) is 24.1 Å². The number of primary sulfonamides is 1. The van der Waals surface area contributed by atoms with Crippen molar-refractivity contribution in [3.63, 3.8) is 0 Å². The lowest BCUT2D eigenvalue weighted by Crippen LogP contribution is -2.19. The fraction of sp³-hybridized carbons (Fsp3) is 0.0909. The molecule has 32 heavy (non-hydrogen) atoms. The molecular weight excluding hydrogens is 451 g/mol. The number of hydrogen-bond acceptors (Lipinski definition) is 5. The summed E-state index contributed by atoms with van der Waals surface area (Å²) >= 11 is 1.20. The van der Waals surface area contributed by atoms with E-state index in [2.05, 4.69) is 10.3 Å². The normalized spacial score (nSPS) is 16.7. The van der Waals surface area contributed by atoms with E-state index in [1.54, 1.807) is 18.2 Å². The standard InChI is InChI=1S/C22H19FN4O3S2/c1-13-11-15(14(2)27(13)18-7-9-19(10-8-18)32(24,29)30)12-20-21(28)26-22(31-20)25-17-5-3-16(23)4-6-17/h3-12H,1-2H3,(H2,24,29,30)(H,25,26,28). The van der Waals surface area contributed by atoms with E-state index >= 15 is 0 Å². The smallest absolute Gasteiger partial charge is 0.264 e. The molecule has 7 nitrogen and oxygen atoms in total. The number of amidine groups is 1. The molecule has 2 heterocycles. The van der Waals surface area contributed by atoms with Crippen molar-refractivity contribution in [2.75, 3.05) is 0 Å². The molecule has 3 N–H and O–H groups in total. The van der Waals surface area contributed by atoms with E-state index in [9.17, 15) is 17.6 Å². The Morgan fingerprint density at radius 2 is 1.75 bits per heavy atom. The van der Waals surface area contributed by atoms with E-state index < -0.39 is 10.0 Å². The van der Waals surface area contributed by atoms with Gasteiger partial charge < -0.3 is 9.88 Å². The van der Waals surface area contributed by atoms with Crippen molar-refractivity contribution in [3.8, 4) is 5.69 Å². The van der Waals surface area contributed by atoms with Crippen molar-refractivity contribution in [1.29, 1.82) is 0 Å². The van der Waals surface area contributed by atoms with E-state index in [4.69, 9.17) is 5.14 Å². The maximum absolute atomic E-state index is 13.1. The van der Waals surface area contributed by atoms with Crippen molar-refractivity contribution in [2.45, 2.75) is 18.7 Å². The second-order valence-electron chi connectivity index (χ2n) is 7.16. The van der Waals surface area contributed by atoms with Gasteiger partial charge in [-0.15, -0.1) is 0 Å². The number of halogens is 1. The Labute approximate surface area is 188 Å². The van der Waals surface area contributed by atoms with Crippen LogP contribution in [0.25, 0.3) is 11.8 Å². The molecule has 0 aliphatic carbocycles. The number of carbonyl (C=O) groups excluding carboxylic acids is 1. The van der Waals surface area contributed by atoms with E-state index in [1.807, 2.05) is 24.5 Å². The monoisotopic (exact) mass is 470 g/mol. The number of rotatable bonds is 4. The number of benzene rings is 2. The average molecular weight is 471 g/mol. The molecule has 1 amide bonds. The number of aryl methyl sites for hydroxylation is 1. The average Bonchev–Trinajstić information content (AvgIpc) is 3.21. The van der Waals surface area contributed by atoms with Crippen LogP contribution >= 0.6 is 11.8 Å². The third-order valence-corrected chi connectivity index (χ3v) is 6.73. The Bertz CT molecular complexity index is 1370. The molecule has 0 bridgehead atoms. The number of carbonyl (C=O) groups is 1. The molecule has 1 aromatic heterocycles. The van der Waals surface area contributed by atoms with Gasteiger partial charge in [-0.1, -0.05) is 0 Å². The molecule has 1 aliphatic rings. The van der Waals surface area contributed by atoms with Crippen LogP contribution in [0.2, 0.25) is 0 Å². The van der Waals surface area contributed by atoms with Crippen molar-refractivity contribution < 1.29 is 17.6 Å². The first-order valence-corrected chi connectivity index (χ1v) is 11.9. The molecule has 0 spiro atoms. The van der Waals surface area contributed by atoms with Crippen LogP contribution < -0.4 is 10.5 Å². The molecule has 1 saturated heterocycles. The molecule has 164 valence electrons. The third-order valence-electron chi connectivity index (χ3n) is 4.89. The number of thioether (sulfide) groups is 1. The summed E-state index contributed by atoms with van der Waals surface area (Å²) in [5.74, 6) is -0.620. The van der Waals surface area contributed by atoms with E-state index in [-0.39, 0.29) is 16.6 Å². The van der Waals surface area contributed by atoms with Crippen LogP contribution in [0, 0.1) is 19.7 Å². The summed E-state index contributed by atoms with van der Waals surface area (Å²) in [5, 5.41) is 8.30. The maximum atomic E-state index is 13.1. The first-order chi connectivity index (χ1) is 15.1. The van der Waals surface area contributed by atoms with Gasteiger partial charge in [0.2, 0.25) is 10.0 Å². The van der Waals surface area contributed by atoms with Gasteiger partial charge in [-0.2, -0.15) is 0 Å². The topological polar surface area (TPSA) is 107 Å². The summed E-state index contributed by atoms with van der Waals surface area (Å²) in [6.45, 7) is 3.84. The summed E-state index contributed by atoms with van der Waals surface area (Å²) in [6, 6.07) is 13.9. The molecular formula is C22H19FN4O3S2. The number of nitrogens with two attached hydrogens (primary N) is 1. The van der Waals surface area contributed by atoms with Crippen molar-refractivity contribution in [3.05, 3.63) is 82.3 Å². The highest BCUT2D eigenvalue weighted by Gasteiger charge is 2.24. The second-order valence-corrected chi connectivity index (χ2v) is 9.75. The van der Waals surface area contributed by atoms with Gasteiger partial charge in [0.25, 0.3) is 5.91 Å². The molecule has 0 unspecified atom stereocenters. The highest BCUT2D eigenvalue weighted by Crippen LogP contribution is 2.30. The van der Waals surface area contributed by atoms with Crippen LogP contribution in [0.15, 0.2) is 69.4 Å². The minimum Gasteiger partial charge on any atom is -0.318 e. The Kier molecular flexibility index (Phi) is 5.76. The molecule has 3 aromatic rings. The van der Waals surface area contributed by atoms with E-state index in [1.165, 1.54) is 48.2 Å². The van der Waals surface area contributed by atoms with Gasteiger partial charge in [0, 0.05) is 17.1 Å². The van der Waals surface area contributed by atoms with Gasteiger partial charge >= 0.3 is 0 Å². The minimum absolute atomic E-state index is 0.0399. The van der Waals surface area contributed by atoms with Gasteiger partial charge in [-0.3, -0.25) is 4.79 Å². The zero-order valence-electron chi connectivity index (χ0n) is 17.2. The summed E-state index contributed by atoms with van der Waals surface area (Å²) < 4.78 is 38.0. The van der Waals surface area contributed by atoms with Crippen LogP contribution in [0.5, 0.6) is 0 Å². The Hall–Kier alpha value is -3.21. The number of nitrogens with one attached hydrogen (secondary N) is 1. The largest absolute Gasteiger partial charge is 0.318 e. The van der Waals surface area contributed by atoms with Crippen molar-refractivity contribution in [2.24, 2.45) is 10.1 Å². The molecule has 10 heteroatoms. The highest BCUT2D eigenvalue weighted by atomic mass is 32.2. The van der Waals surface area contributed by atoms with E-state index in [0.29, 0.717) is 15.8 Å². The molecule has 0 radical (unpaired) electrons. The molecule has 0 saturated carbocycles. The number of aromatic nitrogens is 1. The molecule has 1 fully saturated rings. The third kappa shape index (κ3) is 4.52. The van der Waals surface area contributed by atoms with Crippen LogP contribution in [-0.2, 0) is 14.8 Å². The lowest BCUT2D eigenvalue weighted by molar-refractivity contribution is -0.115. The molecule has 2 aromatic carbocycles. The lowest BCUT2D eigenvalue weighted by Gasteiger charge is -2.10. The quantitative estimate of drug-likeness (QED) is 0.566. The second kappa shape index (κ2) is 8.38. The van der Waals surface area contributed by atoms with Gasteiger partial charge in [0.1, 0.15) is 5.82 Å². The Morgan fingerprint density at radius 3 is 2.38 bits per heavy atom. The number of nitrogens with zero attached hydrogens (tertiary/aromatic N) is 2. The maximum Gasteiger partial charge on any atom is 0.264 e. The molecule has 0 atom stereocenters. The number of amides is 1. The van der Waals surface area contributed by atoms with Gasteiger partial charge in [-0.25, -0.2) is 22.9 Å². The van der Waals surface area contributed by atoms with E-state index in [0.717, 1.165) is 22.6 Å². The van der Waals surface area contributed by atoms with Crippen LogP contribution in [0.3, 0.4) is 0 Å². The number of aliphatic imine (C=N–C) groups is 1. The minimum atomic E-state index is -3.76. The first kappa shape index (κ1) is 22.0. The van der Waals surface area contributed by atoms with Gasteiger partial charge in [0.15, 0.2) is 5.17 Å². The van der Waals surface area contributed by atoms with Gasteiger partial charge in [0.05, 0.1) is 15.5 Å². The van der Waals surface area contributed by atoms with Gasteiger partial charge in [-0.05, 0) is 91.8 Å². The zero-order chi connectivity index (χ0) is 23.0. The van der Waals surface area contributed by atoms with Crippen molar-refractivity contribution >= 4 is 44.6 Å². The first-order valence-electron chi connectivity index (χ1n) is 9.49. The predicted octanol–water partition coefficient (Wildman–Crippen LogP) is 3.77. The summed E-state index contributed by atoms with van der Waals surface area (Å²) in [5.41, 5.74) is 3.96. The fourth-order valence-electron chi connectivity index (χ4n) is 3.37. The lowest BCUT2D eigenvalue weighted by atomic mass is 10.2. The van der Waals surface area contributed by atoms with Crippen molar-refractivity contribution in [1.82, 2.24) is 9.88 Å². The molecule has 1 aliphatic heterocycles. The zero-order valence-corrected chi connectivity index (χ0v) is 18.8. The molecule has 4 rings (SSSR count). The fourth-order valence-corrected chi connectivity index (χ4v) is 4.72. The highest BCUT2D eigenvalue weighted by molar-refractivity contribution is 8.18. The number of sulfonamides is 1. The summed E-state index contributed by atoms with van der Waals surface area (Å²) in [4.78, 5) is 17.3. The SMILES string of the molecule is Cc1cc(C=C2SC(=Nc3ccc(F)cc3)NC2=O)c(C)n1-c1ccc(S(N)(=O)=O)cc1. The number of hydrogen-bond donors (Lipinski definition) is 2. The Balaban J connectivity index is 1.62. The summed E-state index contributed by atoms with van der Waals surface area (Å²) in [6.07, 6.45) is 1.78. The predicted molar refractivity (Wildman–Crippen MR) is 124 cm³/mol. The Morgan fingerprint density at radius 1 is 1.09 bits per heavy atom. The van der Waals surface area contributed by atoms with Crippen LogP contribution in [0.1, 0.15) is 17.0 Å². The van der Waals surface area contributed by atoms with Crippen LogP contribution in [0.4, 0.5) is 10.1 Å². The summed E-state index contributed by atoms with van der Waals surface area (Å²) in [7, 11) is -3.76.